The summed E-state index contributed by atoms with van der Waals surface area (Å²) >= 11 is 3.07. The first-order chi connectivity index (χ1) is 14.8. The van der Waals surface area contributed by atoms with Crippen LogP contribution in [0.3, 0.4) is 0 Å². The smallest absolute Gasteiger partial charge is 0.263 e. The van der Waals surface area contributed by atoms with Crippen molar-refractivity contribution in [1.82, 2.24) is 5.32 Å². The molecule has 3 nitrogen and oxygen atoms in total. The molecule has 0 heterocycles. The summed E-state index contributed by atoms with van der Waals surface area (Å²) in [5, 5.41) is 12.6. The zero-order valence-corrected chi connectivity index (χ0v) is 18.1. The van der Waals surface area contributed by atoms with Gasteiger partial charge in [0.05, 0.1) is 4.24 Å². The second-order valence-electron chi connectivity index (χ2n) is 6.49. The van der Waals surface area contributed by atoms with Crippen LogP contribution in [0.2, 0.25) is 0 Å². The molecule has 0 aliphatic carbocycles. The van der Waals surface area contributed by atoms with Gasteiger partial charge < -0.3 is 5.32 Å². The minimum atomic E-state index is -0.336. The molecule has 0 spiro atoms. The van der Waals surface area contributed by atoms with Crippen LogP contribution in [0.5, 0.6) is 0 Å². The Labute approximate surface area is 186 Å². The summed E-state index contributed by atoms with van der Waals surface area (Å²) < 4.78 is 0.746. The van der Waals surface area contributed by atoms with Crippen molar-refractivity contribution >= 4 is 29.4 Å². The van der Waals surface area contributed by atoms with Gasteiger partial charge in [-0.3, -0.25) is 4.79 Å². The van der Waals surface area contributed by atoms with Crippen LogP contribution in [0, 0.1) is 11.3 Å². The molecule has 0 saturated heterocycles. The molecule has 0 aliphatic rings. The molecule has 0 unspecified atom stereocenters. The minimum absolute atomic E-state index is 0.174. The van der Waals surface area contributed by atoms with Crippen molar-refractivity contribution in [2.45, 2.75) is 18.1 Å². The topological polar surface area (TPSA) is 52.9 Å². The lowest BCUT2D eigenvalue weighted by atomic mass is 10.2. The molecule has 0 atom stereocenters. The molecule has 0 aromatic heterocycles. The van der Waals surface area contributed by atoms with E-state index in [2.05, 4.69) is 11.4 Å². The molecular weight excluding hydrogens is 408 g/mol. The first kappa shape index (κ1) is 21.8. The number of hydrogen-bond donors (Lipinski definition) is 1. The fourth-order valence-electron chi connectivity index (χ4n) is 2.69. The van der Waals surface area contributed by atoms with Gasteiger partial charge in [0, 0.05) is 18.1 Å². The van der Waals surface area contributed by atoms with Crippen LogP contribution in [0.15, 0.2) is 101 Å². The summed E-state index contributed by atoms with van der Waals surface area (Å²) in [6, 6.07) is 32.0. The molecule has 5 heteroatoms. The van der Waals surface area contributed by atoms with Crippen molar-refractivity contribution in [3.63, 3.8) is 0 Å². The lowest BCUT2D eigenvalue weighted by Crippen LogP contribution is -2.24. The van der Waals surface area contributed by atoms with Crippen LogP contribution in [0.1, 0.15) is 16.7 Å². The monoisotopic (exact) mass is 430 g/mol. The van der Waals surface area contributed by atoms with E-state index in [0.29, 0.717) is 18.1 Å². The highest BCUT2D eigenvalue weighted by molar-refractivity contribution is 8.21. The molecule has 0 aliphatic heterocycles. The van der Waals surface area contributed by atoms with Gasteiger partial charge in [-0.2, -0.15) is 5.26 Å². The summed E-state index contributed by atoms with van der Waals surface area (Å²) in [5.74, 6) is 1.07. The predicted octanol–water partition coefficient (Wildman–Crippen LogP) is 5.90. The highest BCUT2D eigenvalue weighted by Crippen LogP contribution is 2.36. The van der Waals surface area contributed by atoms with Crippen LogP contribution in [-0.4, -0.2) is 5.91 Å². The molecule has 1 amide bonds. The molecule has 0 bridgehead atoms. The highest BCUT2D eigenvalue weighted by atomic mass is 32.2. The van der Waals surface area contributed by atoms with Gasteiger partial charge in [0.15, 0.2) is 0 Å². The molecule has 0 saturated carbocycles. The molecule has 0 fully saturated rings. The number of carbonyl (C=O) groups excluding carboxylic acids is 1. The zero-order chi connectivity index (χ0) is 21.0. The number of nitrogens with one attached hydrogen (secondary N) is 1. The number of nitriles is 1. The lowest BCUT2D eigenvalue weighted by molar-refractivity contribution is -0.117. The van der Waals surface area contributed by atoms with Crippen molar-refractivity contribution in [3.8, 4) is 6.07 Å². The number of hydrogen-bond acceptors (Lipinski definition) is 4. The highest BCUT2D eigenvalue weighted by Gasteiger charge is 2.17. The summed E-state index contributed by atoms with van der Waals surface area (Å²) in [6.45, 7) is 0.394. The number of thioether (sulfide) groups is 2. The van der Waals surface area contributed by atoms with Crippen LogP contribution < -0.4 is 5.32 Å². The van der Waals surface area contributed by atoms with Gasteiger partial charge in [0.2, 0.25) is 0 Å². The molecule has 30 heavy (non-hydrogen) atoms. The van der Waals surface area contributed by atoms with E-state index in [0.717, 1.165) is 20.9 Å². The van der Waals surface area contributed by atoms with Crippen molar-refractivity contribution < 1.29 is 4.79 Å². The van der Waals surface area contributed by atoms with Gasteiger partial charge in [0.25, 0.3) is 5.91 Å². The van der Waals surface area contributed by atoms with E-state index in [9.17, 15) is 10.1 Å². The number of benzene rings is 3. The first-order valence-corrected chi connectivity index (χ1v) is 11.5. The average Bonchev–Trinajstić information content (AvgIpc) is 2.81. The van der Waals surface area contributed by atoms with E-state index >= 15 is 0 Å². The van der Waals surface area contributed by atoms with Crippen LogP contribution in [-0.2, 0) is 22.8 Å². The van der Waals surface area contributed by atoms with Crippen LogP contribution >= 0.6 is 23.5 Å². The quantitative estimate of drug-likeness (QED) is 0.339. The van der Waals surface area contributed by atoms with Gasteiger partial charge in [-0.15, -0.1) is 23.5 Å². The number of nitrogens with zero attached hydrogens (tertiary/aromatic N) is 1. The Morgan fingerprint density at radius 3 is 1.60 bits per heavy atom. The number of carbonyl (C=O) groups is 1. The maximum Gasteiger partial charge on any atom is 0.263 e. The third-order valence-electron chi connectivity index (χ3n) is 4.26. The average molecular weight is 431 g/mol. The van der Waals surface area contributed by atoms with Gasteiger partial charge in [-0.25, -0.2) is 0 Å². The van der Waals surface area contributed by atoms with E-state index in [1.807, 2.05) is 91.0 Å². The van der Waals surface area contributed by atoms with E-state index in [4.69, 9.17) is 0 Å². The van der Waals surface area contributed by atoms with E-state index in [1.54, 1.807) is 0 Å². The molecule has 3 aromatic carbocycles. The minimum Gasteiger partial charge on any atom is -0.347 e. The second kappa shape index (κ2) is 11.9. The Morgan fingerprint density at radius 1 is 0.733 bits per heavy atom. The standard InChI is InChI=1S/C25H22N2OS2/c26-16-23(24(28)27-17-20-10-4-1-5-11-20)25(29-18-21-12-6-2-7-13-21)30-19-22-14-8-3-9-15-22/h1-15H,17-19H2,(H,27,28). The molecule has 1 N–H and O–H groups in total. The lowest BCUT2D eigenvalue weighted by Gasteiger charge is -2.11. The maximum absolute atomic E-state index is 12.8. The molecule has 3 aromatic rings. The predicted molar refractivity (Wildman–Crippen MR) is 126 cm³/mol. The third kappa shape index (κ3) is 6.84. The summed E-state index contributed by atoms with van der Waals surface area (Å²) in [4.78, 5) is 12.8. The Morgan fingerprint density at radius 2 is 1.17 bits per heavy atom. The van der Waals surface area contributed by atoms with Crippen LogP contribution in [0.25, 0.3) is 0 Å². The van der Waals surface area contributed by atoms with E-state index in [-0.39, 0.29) is 11.5 Å². The summed E-state index contributed by atoms with van der Waals surface area (Å²) in [7, 11) is 0. The van der Waals surface area contributed by atoms with Crippen molar-refractivity contribution in [1.29, 1.82) is 5.26 Å². The van der Waals surface area contributed by atoms with Crippen molar-refractivity contribution in [3.05, 3.63) is 117 Å². The summed E-state index contributed by atoms with van der Waals surface area (Å²) in [5.41, 5.74) is 3.48. The molecular formula is C25H22N2OS2. The van der Waals surface area contributed by atoms with E-state index < -0.39 is 0 Å². The maximum atomic E-state index is 12.8. The Bertz CT molecular complexity index is 968. The molecule has 3 rings (SSSR count). The van der Waals surface area contributed by atoms with Gasteiger partial charge in [-0.05, 0) is 16.7 Å². The Hall–Kier alpha value is -2.94. The zero-order valence-electron chi connectivity index (χ0n) is 16.5. The largest absolute Gasteiger partial charge is 0.347 e. The second-order valence-corrected chi connectivity index (χ2v) is 8.72. The van der Waals surface area contributed by atoms with Crippen molar-refractivity contribution in [2.24, 2.45) is 0 Å². The van der Waals surface area contributed by atoms with Crippen molar-refractivity contribution in [2.75, 3.05) is 0 Å². The number of rotatable bonds is 9. The first-order valence-electron chi connectivity index (χ1n) is 9.56. The Balaban J connectivity index is 1.75. The molecule has 150 valence electrons. The Kier molecular flexibility index (Phi) is 8.64. The summed E-state index contributed by atoms with van der Waals surface area (Å²) in [6.07, 6.45) is 0. The third-order valence-corrected chi connectivity index (χ3v) is 6.86. The fraction of sp³-hybridized carbons (Fsp3) is 0.120. The van der Waals surface area contributed by atoms with E-state index in [1.165, 1.54) is 23.5 Å². The van der Waals surface area contributed by atoms with Crippen LogP contribution in [0.4, 0.5) is 0 Å². The normalized spacial score (nSPS) is 10.1. The van der Waals surface area contributed by atoms with Gasteiger partial charge in [0.1, 0.15) is 11.6 Å². The SMILES string of the molecule is N#CC(C(=O)NCc1ccccc1)=C(SCc1ccccc1)SCc1ccccc1. The van der Waals surface area contributed by atoms with Gasteiger partial charge in [-0.1, -0.05) is 91.0 Å². The van der Waals surface area contributed by atoms with Gasteiger partial charge >= 0.3 is 0 Å². The number of amides is 1. The molecule has 0 radical (unpaired) electrons. The fourth-order valence-corrected chi connectivity index (χ4v) is 4.92.